The molecular weight excluding hydrogens is 326 g/mol. The van der Waals surface area contributed by atoms with Crippen LogP contribution in [0.2, 0.25) is 0 Å². The molecule has 1 fully saturated rings. The zero-order chi connectivity index (χ0) is 17.3. The molecule has 0 bridgehead atoms. The second kappa shape index (κ2) is 6.94. The van der Waals surface area contributed by atoms with E-state index in [0.29, 0.717) is 13.1 Å². The Morgan fingerprint density at radius 3 is 2.88 bits per heavy atom. The van der Waals surface area contributed by atoms with Gasteiger partial charge in [-0.15, -0.1) is 0 Å². The number of carbonyl (C=O) groups excluding carboxylic acids is 1. The van der Waals surface area contributed by atoms with Crippen LogP contribution < -0.4 is 5.32 Å². The molecule has 1 aliphatic heterocycles. The number of morpholine rings is 1. The van der Waals surface area contributed by atoms with Crippen LogP contribution in [0.25, 0.3) is 0 Å². The Bertz CT molecular complexity index is 679. The van der Waals surface area contributed by atoms with Gasteiger partial charge in [0.25, 0.3) is 0 Å². The van der Waals surface area contributed by atoms with E-state index in [2.05, 4.69) is 21.9 Å². The molecule has 2 amide bonds. The van der Waals surface area contributed by atoms with Crippen LogP contribution in [0.4, 0.5) is 4.79 Å². The molecule has 0 radical (unpaired) electrons. The standard InChI is InChI=1S/C17H23N3O3S/c1-10-7-20(8-15(22-10)14-5-6-24-9-14)17(21)18-11(2)16-12(3)19-23-13(16)4/h5-6,9-11,15H,7-8H2,1-4H3,(H,18,21)/t10-,11+,15+/m1/s1. The number of amides is 2. The Hall–Kier alpha value is -1.86. The van der Waals surface area contributed by atoms with Gasteiger partial charge >= 0.3 is 6.03 Å². The van der Waals surface area contributed by atoms with Crippen molar-refractivity contribution in [2.75, 3.05) is 13.1 Å². The summed E-state index contributed by atoms with van der Waals surface area (Å²) in [6.45, 7) is 8.84. The van der Waals surface area contributed by atoms with E-state index in [1.54, 1.807) is 11.3 Å². The van der Waals surface area contributed by atoms with E-state index >= 15 is 0 Å². The molecule has 3 atom stereocenters. The zero-order valence-electron chi connectivity index (χ0n) is 14.4. The Morgan fingerprint density at radius 2 is 2.25 bits per heavy atom. The van der Waals surface area contributed by atoms with E-state index in [4.69, 9.17) is 9.26 Å². The van der Waals surface area contributed by atoms with E-state index in [9.17, 15) is 4.79 Å². The number of hydrogen-bond donors (Lipinski definition) is 1. The molecule has 3 rings (SSSR count). The Kier molecular flexibility index (Phi) is 4.91. The highest BCUT2D eigenvalue weighted by atomic mass is 32.1. The lowest BCUT2D eigenvalue weighted by Gasteiger charge is -2.37. The molecular formula is C17H23N3O3S. The fraction of sp³-hybridized carbons (Fsp3) is 0.529. The van der Waals surface area contributed by atoms with Gasteiger partial charge in [-0.25, -0.2) is 4.79 Å². The predicted molar refractivity (Wildman–Crippen MR) is 92.1 cm³/mol. The summed E-state index contributed by atoms with van der Waals surface area (Å²) in [6, 6.07) is 1.81. The van der Waals surface area contributed by atoms with Gasteiger partial charge in [-0.3, -0.25) is 0 Å². The molecule has 1 saturated heterocycles. The number of urea groups is 1. The highest BCUT2D eigenvalue weighted by Crippen LogP contribution is 2.27. The van der Waals surface area contributed by atoms with Crippen LogP contribution in [0, 0.1) is 13.8 Å². The molecule has 1 aliphatic rings. The maximum absolute atomic E-state index is 12.7. The minimum Gasteiger partial charge on any atom is -0.367 e. The molecule has 0 aliphatic carbocycles. The SMILES string of the molecule is Cc1noc(C)c1[C@H](C)NC(=O)N1C[C@@H](C)O[C@H](c2ccsc2)C1. The Balaban J connectivity index is 1.68. The lowest BCUT2D eigenvalue weighted by molar-refractivity contribution is -0.0657. The Morgan fingerprint density at radius 1 is 1.46 bits per heavy atom. The van der Waals surface area contributed by atoms with Gasteiger partial charge in [-0.2, -0.15) is 11.3 Å². The largest absolute Gasteiger partial charge is 0.367 e. The molecule has 0 aromatic carbocycles. The average molecular weight is 349 g/mol. The van der Waals surface area contributed by atoms with Crippen LogP contribution in [-0.4, -0.2) is 35.3 Å². The molecule has 7 heteroatoms. The molecule has 0 unspecified atom stereocenters. The zero-order valence-corrected chi connectivity index (χ0v) is 15.2. The fourth-order valence-corrected chi connectivity index (χ4v) is 3.92. The van der Waals surface area contributed by atoms with E-state index in [1.807, 2.05) is 38.0 Å². The van der Waals surface area contributed by atoms with Crippen molar-refractivity contribution in [2.45, 2.75) is 45.9 Å². The highest BCUT2D eigenvalue weighted by molar-refractivity contribution is 7.07. The fourth-order valence-electron chi connectivity index (χ4n) is 3.22. The maximum atomic E-state index is 12.7. The van der Waals surface area contributed by atoms with Crippen molar-refractivity contribution in [2.24, 2.45) is 0 Å². The Labute approximate surface area is 145 Å². The highest BCUT2D eigenvalue weighted by Gasteiger charge is 2.30. The van der Waals surface area contributed by atoms with Gasteiger partial charge < -0.3 is 19.5 Å². The minimum absolute atomic E-state index is 0.00349. The van der Waals surface area contributed by atoms with E-state index in [1.165, 1.54) is 0 Å². The quantitative estimate of drug-likeness (QED) is 0.919. The maximum Gasteiger partial charge on any atom is 0.318 e. The molecule has 130 valence electrons. The monoisotopic (exact) mass is 349 g/mol. The lowest BCUT2D eigenvalue weighted by Crippen LogP contribution is -2.50. The van der Waals surface area contributed by atoms with Crippen molar-refractivity contribution < 1.29 is 14.1 Å². The van der Waals surface area contributed by atoms with Gasteiger partial charge in [0, 0.05) is 12.1 Å². The molecule has 3 heterocycles. The summed E-state index contributed by atoms with van der Waals surface area (Å²) < 4.78 is 11.2. The first-order valence-electron chi connectivity index (χ1n) is 8.11. The summed E-state index contributed by atoms with van der Waals surface area (Å²) in [6.07, 6.45) is -0.0658. The second-order valence-corrected chi connectivity index (χ2v) is 7.09. The van der Waals surface area contributed by atoms with Crippen molar-refractivity contribution in [1.82, 2.24) is 15.4 Å². The molecule has 2 aromatic heterocycles. The van der Waals surface area contributed by atoms with Crippen LogP contribution in [-0.2, 0) is 4.74 Å². The summed E-state index contributed by atoms with van der Waals surface area (Å²) in [5.74, 6) is 0.742. The molecule has 2 aromatic rings. The van der Waals surface area contributed by atoms with Crippen molar-refractivity contribution in [1.29, 1.82) is 0 Å². The van der Waals surface area contributed by atoms with Crippen LogP contribution in [0.3, 0.4) is 0 Å². The first-order valence-corrected chi connectivity index (χ1v) is 9.05. The first-order chi connectivity index (χ1) is 11.5. The molecule has 0 saturated carbocycles. The molecule has 24 heavy (non-hydrogen) atoms. The van der Waals surface area contributed by atoms with E-state index in [0.717, 1.165) is 22.6 Å². The summed E-state index contributed by atoms with van der Waals surface area (Å²) in [7, 11) is 0. The molecule has 1 N–H and O–H groups in total. The number of rotatable bonds is 3. The van der Waals surface area contributed by atoms with Crippen LogP contribution in [0.1, 0.15) is 48.6 Å². The van der Waals surface area contributed by atoms with Crippen LogP contribution in [0.5, 0.6) is 0 Å². The third kappa shape index (κ3) is 3.47. The van der Waals surface area contributed by atoms with Gasteiger partial charge in [-0.1, -0.05) is 5.16 Å². The first kappa shape index (κ1) is 17.0. The number of thiophene rings is 1. The topological polar surface area (TPSA) is 67.6 Å². The molecule has 6 nitrogen and oxygen atoms in total. The number of nitrogens with zero attached hydrogens (tertiary/aromatic N) is 2. The number of nitrogens with one attached hydrogen (secondary N) is 1. The summed E-state index contributed by atoms with van der Waals surface area (Å²) in [5.41, 5.74) is 2.88. The van der Waals surface area contributed by atoms with Gasteiger partial charge in [0.15, 0.2) is 0 Å². The summed E-state index contributed by atoms with van der Waals surface area (Å²) >= 11 is 1.64. The lowest BCUT2D eigenvalue weighted by atomic mass is 10.1. The minimum atomic E-state index is -0.151. The van der Waals surface area contributed by atoms with E-state index in [-0.39, 0.29) is 24.3 Å². The summed E-state index contributed by atoms with van der Waals surface area (Å²) in [4.78, 5) is 14.5. The number of hydrogen-bond acceptors (Lipinski definition) is 5. The van der Waals surface area contributed by atoms with Crippen molar-refractivity contribution in [3.05, 3.63) is 39.4 Å². The third-order valence-corrected chi connectivity index (χ3v) is 5.03. The number of aromatic nitrogens is 1. The van der Waals surface area contributed by atoms with Crippen molar-refractivity contribution in [3.63, 3.8) is 0 Å². The number of ether oxygens (including phenoxy) is 1. The normalized spacial score (nSPS) is 22.4. The average Bonchev–Trinajstić information content (AvgIpc) is 3.16. The predicted octanol–water partition coefficient (Wildman–Crippen LogP) is 3.59. The van der Waals surface area contributed by atoms with Crippen molar-refractivity contribution in [3.8, 4) is 0 Å². The van der Waals surface area contributed by atoms with Crippen LogP contribution in [0.15, 0.2) is 21.3 Å². The smallest absolute Gasteiger partial charge is 0.318 e. The number of carbonyl (C=O) groups is 1. The second-order valence-electron chi connectivity index (χ2n) is 6.31. The van der Waals surface area contributed by atoms with Gasteiger partial charge in [0.2, 0.25) is 0 Å². The van der Waals surface area contributed by atoms with Gasteiger partial charge in [-0.05, 0) is 50.1 Å². The molecule has 0 spiro atoms. The van der Waals surface area contributed by atoms with Crippen LogP contribution >= 0.6 is 11.3 Å². The summed E-state index contributed by atoms with van der Waals surface area (Å²) in [5, 5.41) is 11.1. The van der Waals surface area contributed by atoms with Crippen molar-refractivity contribution >= 4 is 17.4 Å². The van der Waals surface area contributed by atoms with E-state index < -0.39 is 0 Å². The third-order valence-electron chi connectivity index (χ3n) is 4.32. The van der Waals surface area contributed by atoms with Gasteiger partial charge in [0.1, 0.15) is 11.9 Å². The number of aryl methyl sites for hydroxylation is 2. The van der Waals surface area contributed by atoms with Gasteiger partial charge in [0.05, 0.1) is 24.4 Å².